The maximum absolute atomic E-state index is 2.36. The fraction of sp³-hybridized carbons (Fsp3) is 0.0667. The maximum atomic E-state index is 2.36. The van der Waals surface area contributed by atoms with E-state index in [-0.39, 0.29) is 0 Å². The van der Waals surface area contributed by atoms with Crippen LogP contribution in [0.5, 0.6) is 0 Å². The summed E-state index contributed by atoms with van der Waals surface area (Å²) < 4.78 is 11.6. The number of aromatic nitrogens is 5. The minimum atomic E-state index is 1.21. The molecule has 5 heteroatoms. The smallest absolute Gasteiger partial charge is 0.0570 e. The molecule has 0 atom stereocenters. The Labute approximate surface area is 554 Å². The Balaban J connectivity index is 0.0000000980. The molecule has 19 rings (SSSR count). The standard InChI is InChI=1S/4C19H15N.C14H13N/c1-14-8-7-12-17-16-11-5-6-13-18(16)20(19(14)17)15-9-3-2-4-10-15;1-14-8-7-13-18-19(14)16-11-5-6-12-17(16)20(18)15-9-3-2-4-10-15;1-14-11-12-19-17(13-14)16-9-5-6-10-18(16)20(19)15-7-3-2-4-8-15;1-14-11-12-17-16-9-5-6-10-18(16)20(19(17)13-14)15-7-3-2-4-8-15;1-10-7-8-14-12(9-10)11-5-3-4-6-13(11)15(14)2/h4*2-13H,1H3;3-9H,1-2H3. The van der Waals surface area contributed by atoms with Crippen LogP contribution in [0.3, 0.4) is 0 Å². The van der Waals surface area contributed by atoms with E-state index in [1.54, 1.807) is 0 Å². The fourth-order valence-corrected chi connectivity index (χ4v) is 14.2. The molecule has 5 aromatic heterocycles. The summed E-state index contributed by atoms with van der Waals surface area (Å²) in [6, 6.07) is 118. The lowest BCUT2D eigenvalue weighted by Crippen LogP contribution is -1.94. The average molecular weight is 1220 g/mol. The molecule has 19 aromatic rings. The lowest BCUT2D eigenvalue weighted by molar-refractivity contribution is 1.01. The van der Waals surface area contributed by atoms with Crippen molar-refractivity contribution < 1.29 is 0 Å². The topological polar surface area (TPSA) is 24.6 Å². The summed E-state index contributed by atoms with van der Waals surface area (Å²) in [4.78, 5) is 0. The van der Waals surface area contributed by atoms with Crippen molar-refractivity contribution in [2.75, 3.05) is 0 Å². The van der Waals surface area contributed by atoms with Crippen LogP contribution in [0.4, 0.5) is 0 Å². The molecule has 14 aromatic carbocycles. The molecule has 0 bridgehead atoms. The van der Waals surface area contributed by atoms with Gasteiger partial charge in [-0.2, -0.15) is 0 Å². The van der Waals surface area contributed by atoms with Gasteiger partial charge in [0.15, 0.2) is 0 Å². The predicted molar refractivity (Wildman–Crippen MR) is 407 cm³/mol. The van der Waals surface area contributed by atoms with E-state index in [9.17, 15) is 0 Å². The first-order chi connectivity index (χ1) is 46.7. The van der Waals surface area contributed by atoms with Crippen molar-refractivity contribution in [2.45, 2.75) is 34.6 Å². The van der Waals surface area contributed by atoms with E-state index in [4.69, 9.17) is 0 Å². The predicted octanol–water partition coefficient (Wildman–Crippen LogP) is 24.0. The molecule has 0 N–H and O–H groups in total. The highest BCUT2D eigenvalue weighted by atomic mass is 15.0. The highest BCUT2D eigenvalue weighted by Crippen LogP contribution is 2.38. The van der Waals surface area contributed by atoms with E-state index in [0.29, 0.717) is 0 Å². The van der Waals surface area contributed by atoms with E-state index in [2.05, 4.69) is 398 Å². The van der Waals surface area contributed by atoms with Crippen molar-refractivity contribution in [2.24, 2.45) is 7.05 Å². The summed E-state index contributed by atoms with van der Waals surface area (Å²) in [5.74, 6) is 0. The zero-order valence-corrected chi connectivity index (χ0v) is 54.5. The monoisotopic (exact) mass is 1220 g/mol. The maximum Gasteiger partial charge on any atom is 0.0570 e. The number of hydrogen-bond acceptors (Lipinski definition) is 0. The van der Waals surface area contributed by atoms with Crippen molar-refractivity contribution in [3.8, 4) is 22.7 Å². The van der Waals surface area contributed by atoms with Crippen molar-refractivity contribution in [3.63, 3.8) is 0 Å². The summed E-state index contributed by atoms with van der Waals surface area (Å²) in [5, 5.41) is 13.3. The van der Waals surface area contributed by atoms with Gasteiger partial charge in [0.05, 0.1) is 44.1 Å². The Bertz CT molecular complexity index is 5890. The van der Waals surface area contributed by atoms with E-state index in [1.165, 1.54) is 160 Å². The van der Waals surface area contributed by atoms with Crippen molar-refractivity contribution in [3.05, 3.63) is 361 Å². The molecule has 0 fully saturated rings. The molecule has 0 saturated heterocycles. The number of nitrogens with zero attached hydrogens (tertiary/aromatic N) is 5. The Hall–Kier alpha value is -11.9. The van der Waals surface area contributed by atoms with Crippen LogP contribution in [0.1, 0.15) is 27.8 Å². The molecule has 0 aliphatic heterocycles. The van der Waals surface area contributed by atoms with Gasteiger partial charge >= 0.3 is 0 Å². The van der Waals surface area contributed by atoms with Gasteiger partial charge in [0, 0.05) is 94.7 Å². The molecule has 0 aliphatic rings. The second kappa shape index (κ2) is 25.6. The molecule has 0 radical (unpaired) electrons. The highest BCUT2D eigenvalue weighted by molar-refractivity contribution is 6.13. The number of hydrogen-bond donors (Lipinski definition) is 0. The lowest BCUT2D eigenvalue weighted by Gasteiger charge is -2.08. The summed E-state index contributed by atoms with van der Waals surface area (Å²) in [6.07, 6.45) is 0. The molecule has 5 heterocycles. The third-order valence-corrected chi connectivity index (χ3v) is 18.6. The van der Waals surface area contributed by atoms with Crippen LogP contribution in [-0.4, -0.2) is 22.8 Å². The summed E-state index contributed by atoms with van der Waals surface area (Å²) in [6.45, 7) is 10.8. The van der Waals surface area contributed by atoms with Gasteiger partial charge < -0.3 is 22.8 Å². The van der Waals surface area contributed by atoms with Crippen LogP contribution in [0.15, 0.2) is 334 Å². The van der Waals surface area contributed by atoms with Crippen LogP contribution in [0.2, 0.25) is 0 Å². The van der Waals surface area contributed by atoms with Gasteiger partial charge in [-0.25, -0.2) is 0 Å². The van der Waals surface area contributed by atoms with Crippen molar-refractivity contribution in [1.82, 2.24) is 22.8 Å². The zero-order valence-electron chi connectivity index (χ0n) is 54.5. The number of para-hydroxylation sites is 10. The Morgan fingerprint density at radius 1 is 0.189 bits per heavy atom. The van der Waals surface area contributed by atoms with Gasteiger partial charge in [-0.1, -0.05) is 230 Å². The first kappa shape index (κ1) is 59.4. The van der Waals surface area contributed by atoms with Crippen LogP contribution in [-0.2, 0) is 7.05 Å². The molecule has 95 heavy (non-hydrogen) atoms. The van der Waals surface area contributed by atoms with E-state index >= 15 is 0 Å². The van der Waals surface area contributed by atoms with Crippen LogP contribution in [0.25, 0.3) is 132 Å². The van der Waals surface area contributed by atoms with Crippen LogP contribution >= 0.6 is 0 Å². The number of aryl methyl sites for hydroxylation is 6. The molecule has 0 spiro atoms. The first-order valence-electron chi connectivity index (χ1n) is 32.8. The van der Waals surface area contributed by atoms with E-state index < -0.39 is 0 Å². The Morgan fingerprint density at radius 3 is 1.04 bits per heavy atom. The normalized spacial score (nSPS) is 11.3. The molecular formula is C90H73N5. The molecule has 0 aliphatic carbocycles. The SMILES string of the molecule is Cc1ccc2c(c1)c1ccccc1n2-c1ccccc1.Cc1ccc2c(c1)c1ccccc1n2C.Cc1ccc2c3ccccc3n(-c3ccccc3)c2c1.Cc1cccc2c1c1ccccc1n2-c1ccccc1.Cc1cccc2c3ccccc3n(-c3ccccc3)c12. The third-order valence-electron chi connectivity index (χ3n) is 18.6. The Kier molecular flexibility index (Phi) is 16.0. The van der Waals surface area contributed by atoms with Gasteiger partial charge in [-0.3, -0.25) is 0 Å². The number of rotatable bonds is 4. The molecule has 0 amide bonds. The number of benzene rings is 14. The average Bonchev–Trinajstić information content (AvgIpc) is 1.64. The van der Waals surface area contributed by atoms with Crippen LogP contribution in [0, 0.1) is 34.6 Å². The fourth-order valence-electron chi connectivity index (χ4n) is 14.2. The van der Waals surface area contributed by atoms with Gasteiger partial charge in [0.25, 0.3) is 0 Å². The zero-order chi connectivity index (χ0) is 64.5. The van der Waals surface area contributed by atoms with E-state index in [0.717, 1.165) is 0 Å². The number of fused-ring (bicyclic) bond motifs is 15. The minimum absolute atomic E-state index is 1.21. The van der Waals surface area contributed by atoms with Crippen molar-refractivity contribution >= 4 is 109 Å². The third kappa shape index (κ3) is 11.1. The largest absolute Gasteiger partial charge is 0.344 e. The van der Waals surface area contributed by atoms with Crippen LogP contribution < -0.4 is 0 Å². The van der Waals surface area contributed by atoms with E-state index in [1.807, 2.05) is 0 Å². The minimum Gasteiger partial charge on any atom is -0.344 e. The molecule has 0 unspecified atom stereocenters. The summed E-state index contributed by atoms with van der Waals surface area (Å²) in [7, 11) is 2.12. The highest BCUT2D eigenvalue weighted by Gasteiger charge is 2.17. The van der Waals surface area contributed by atoms with Gasteiger partial charge in [-0.05, 0) is 167 Å². The lowest BCUT2D eigenvalue weighted by atomic mass is 10.1. The first-order valence-corrected chi connectivity index (χ1v) is 32.8. The van der Waals surface area contributed by atoms with Crippen molar-refractivity contribution in [1.29, 1.82) is 0 Å². The van der Waals surface area contributed by atoms with Gasteiger partial charge in [0.1, 0.15) is 0 Å². The summed E-state index contributed by atoms with van der Waals surface area (Å²) in [5.41, 5.74) is 24.2. The summed E-state index contributed by atoms with van der Waals surface area (Å²) >= 11 is 0. The second-order valence-corrected chi connectivity index (χ2v) is 24.8. The second-order valence-electron chi connectivity index (χ2n) is 24.8. The molecule has 5 nitrogen and oxygen atoms in total. The molecular weight excluding hydrogens is 1150 g/mol. The van der Waals surface area contributed by atoms with Gasteiger partial charge in [0.2, 0.25) is 0 Å². The quantitative estimate of drug-likeness (QED) is 0.168. The van der Waals surface area contributed by atoms with Gasteiger partial charge in [-0.15, -0.1) is 0 Å². The molecule has 458 valence electrons. The molecule has 0 saturated carbocycles. The Morgan fingerprint density at radius 2 is 0.495 bits per heavy atom.